The number of hydrogen-bond acceptors (Lipinski definition) is 4. The summed E-state index contributed by atoms with van der Waals surface area (Å²) < 4.78 is 22.5. The Balaban J connectivity index is 1.97. The average Bonchev–Trinajstić information content (AvgIpc) is 2.37. The van der Waals surface area contributed by atoms with E-state index in [-0.39, 0.29) is 4.90 Å². The molecule has 1 aliphatic heterocycles. The predicted molar refractivity (Wildman–Crippen MR) is 71.9 cm³/mol. The number of nitrogens with two attached hydrogens (primary N) is 1. The maximum absolute atomic E-state index is 11.2. The third-order valence-electron chi connectivity index (χ3n) is 3.22. The highest BCUT2D eigenvalue weighted by Gasteiger charge is 2.13. The summed E-state index contributed by atoms with van der Waals surface area (Å²) >= 11 is 0. The number of piperidine rings is 1. The van der Waals surface area contributed by atoms with Gasteiger partial charge in [0.2, 0.25) is 10.0 Å². The molecule has 0 unspecified atom stereocenters. The topological polar surface area (TPSA) is 84.2 Å². The Labute approximate surface area is 108 Å². The van der Waals surface area contributed by atoms with Crippen LogP contribution >= 0.6 is 0 Å². The second kappa shape index (κ2) is 5.69. The maximum Gasteiger partial charge on any atom is 0.238 e. The van der Waals surface area contributed by atoms with Crippen LogP contribution in [0.4, 0.5) is 5.69 Å². The van der Waals surface area contributed by atoms with Crippen LogP contribution in [0.25, 0.3) is 0 Å². The lowest BCUT2D eigenvalue weighted by Crippen LogP contribution is -2.31. The molecule has 0 aliphatic carbocycles. The summed E-state index contributed by atoms with van der Waals surface area (Å²) in [6, 6.07) is 6.64. The Bertz CT molecular complexity index is 496. The van der Waals surface area contributed by atoms with E-state index in [9.17, 15) is 8.42 Å². The van der Waals surface area contributed by atoms with E-state index >= 15 is 0 Å². The normalized spacial score (nSPS) is 17.6. The molecule has 2 rings (SSSR count). The summed E-state index contributed by atoms with van der Waals surface area (Å²) in [5.74, 6) is 0.643. The fourth-order valence-corrected chi connectivity index (χ4v) is 2.69. The molecule has 1 aliphatic rings. The van der Waals surface area contributed by atoms with Gasteiger partial charge in [-0.3, -0.25) is 0 Å². The van der Waals surface area contributed by atoms with Crippen LogP contribution in [0.3, 0.4) is 0 Å². The van der Waals surface area contributed by atoms with Crippen molar-refractivity contribution >= 4 is 15.7 Å². The smallest absolute Gasteiger partial charge is 0.238 e. The molecule has 4 N–H and O–H groups in total. The zero-order valence-electron chi connectivity index (χ0n) is 10.2. The lowest BCUT2D eigenvalue weighted by atomic mass is 9.98. The second-order valence-corrected chi connectivity index (χ2v) is 6.21. The van der Waals surface area contributed by atoms with Crippen LogP contribution in [-0.2, 0) is 10.0 Å². The molecule has 100 valence electrons. The van der Waals surface area contributed by atoms with Crippen molar-refractivity contribution in [3.8, 4) is 0 Å². The van der Waals surface area contributed by atoms with Crippen molar-refractivity contribution in [3.63, 3.8) is 0 Å². The lowest BCUT2D eigenvalue weighted by Gasteiger charge is -2.23. The van der Waals surface area contributed by atoms with Crippen LogP contribution in [0.5, 0.6) is 0 Å². The first-order valence-electron chi connectivity index (χ1n) is 6.13. The second-order valence-electron chi connectivity index (χ2n) is 4.65. The van der Waals surface area contributed by atoms with E-state index in [1.54, 1.807) is 12.1 Å². The molecule has 1 aromatic rings. The molecule has 0 radical (unpaired) electrons. The molecule has 1 heterocycles. The van der Waals surface area contributed by atoms with Crippen molar-refractivity contribution in [1.82, 2.24) is 5.32 Å². The highest BCUT2D eigenvalue weighted by Crippen LogP contribution is 2.17. The molecule has 0 atom stereocenters. The molecule has 0 aromatic heterocycles. The highest BCUT2D eigenvalue weighted by molar-refractivity contribution is 7.89. The fourth-order valence-electron chi connectivity index (χ4n) is 2.13. The highest BCUT2D eigenvalue weighted by atomic mass is 32.2. The van der Waals surface area contributed by atoms with Gasteiger partial charge in [-0.05, 0) is 50.0 Å². The zero-order valence-corrected chi connectivity index (χ0v) is 11.0. The van der Waals surface area contributed by atoms with Gasteiger partial charge in [0, 0.05) is 12.2 Å². The van der Waals surface area contributed by atoms with E-state index in [1.807, 2.05) is 6.07 Å². The van der Waals surface area contributed by atoms with Crippen molar-refractivity contribution in [2.75, 3.05) is 25.0 Å². The quantitative estimate of drug-likeness (QED) is 0.753. The first kappa shape index (κ1) is 13.3. The minimum atomic E-state index is -3.62. The number of anilines is 1. The number of benzene rings is 1. The van der Waals surface area contributed by atoms with Gasteiger partial charge < -0.3 is 10.6 Å². The average molecular weight is 269 g/mol. The van der Waals surface area contributed by atoms with E-state index in [1.165, 1.54) is 6.07 Å². The lowest BCUT2D eigenvalue weighted by molar-refractivity contribution is 0.390. The van der Waals surface area contributed by atoms with Crippen LogP contribution in [0.1, 0.15) is 12.8 Å². The number of rotatable bonds is 4. The number of nitrogens with one attached hydrogen (secondary N) is 2. The molecule has 18 heavy (non-hydrogen) atoms. The van der Waals surface area contributed by atoms with E-state index in [0.717, 1.165) is 38.2 Å². The van der Waals surface area contributed by atoms with Gasteiger partial charge in [-0.15, -0.1) is 0 Å². The molecular weight excluding hydrogens is 250 g/mol. The Morgan fingerprint density at radius 3 is 2.72 bits per heavy atom. The maximum atomic E-state index is 11.2. The summed E-state index contributed by atoms with van der Waals surface area (Å²) in [7, 11) is -3.62. The Morgan fingerprint density at radius 2 is 2.06 bits per heavy atom. The van der Waals surface area contributed by atoms with Gasteiger partial charge in [0.05, 0.1) is 4.90 Å². The SMILES string of the molecule is NS(=O)(=O)c1cccc(NCC2CCNCC2)c1. The third kappa shape index (κ3) is 3.69. The standard InChI is InChI=1S/C12H19N3O2S/c13-18(16,17)12-3-1-2-11(8-12)15-9-10-4-6-14-7-5-10/h1-3,8,10,14-15H,4-7,9H2,(H2,13,16,17). The minimum absolute atomic E-state index is 0.151. The van der Waals surface area contributed by atoms with Gasteiger partial charge in [-0.1, -0.05) is 6.07 Å². The Hall–Kier alpha value is -1.11. The van der Waals surface area contributed by atoms with Crippen molar-refractivity contribution < 1.29 is 8.42 Å². The minimum Gasteiger partial charge on any atom is -0.385 e. The summed E-state index contributed by atoms with van der Waals surface area (Å²) in [5.41, 5.74) is 0.806. The molecular formula is C12H19N3O2S. The molecule has 1 fully saturated rings. The van der Waals surface area contributed by atoms with E-state index in [2.05, 4.69) is 10.6 Å². The first-order valence-corrected chi connectivity index (χ1v) is 7.68. The van der Waals surface area contributed by atoms with Crippen molar-refractivity contribution in [3.05, 3.63) is 24.3 Å². The van der Waals surface area contributed by atoms with E-state index in [4.69, 9.17) is 5.14 Å². The van der Waals surface area contributed by atoms with Crippen LogP contribution < -0.4 is 15.8 Å². The van der Waals surface area contributed by atoms with E-state index in [0.29, 0.717) is 5.92 Å². The summed E-state index contributed by atoms with van der Waals surface area (Å²) in [6.07, 6.45) is 2.31. The van der Waals surface area contributed by atoms with Gasteiger partial charge in [0.15, 0.2) is 0 Å². The number of sulfonamides is 1. The summed E-state index contributed by atoms with van der Waals surface area (Å²) in [6.45, 7) is 2.99. The molecule has 5 nitrogen and oxygen atoms in total. The largest absolute Gasteiger partial charge is 0.385 e. The fraction of sp³-hybridized carbons (Fsp3) is 0.500. The van der Waals surface area contributed by atoms with Gasteiger partial charge in [-0.25, -0.2) is 13.6 Å². The molecule has 1 aromatic carbocycles. The van der Waals surface area contributed by atoms with Crippen LogP contribution in [0.15, 0.2) is 29.2 Å². The van der Waals surface area contributed by atoms with Gasteiger partial charge in [0.25, 0.3) is 0 Å². The Morgan fingerprint density at radius 1 is 1.33 bits per heavy atom. The molecule has 0 bridgehead atoms. The summed E-state index contributed by atoms with van der Waals surface area (Å²) in [5, 5.41) is 11.7. The molecule has 0 amide bonds. The van der Waals surface area contributed by atoms with Crippen molar-refractivity contribution in [2.24, 2.45) is 11.1 Å². The van der Waals surface area contributed by atoms with Crippen LogP contribution in [-0.4, -0.2) is 28.1 Å². The zero-order chi connectivity index (χ0) is 13.0. The molecule has 1 saturated heterocycles. The molecule has 0 saturated carbocycles. The number of hydrogen-bond donors (Lipinski definition) is 3. The van der Waals surface area contributed by atoms with Gasteiger partial charge in [-0.2, -0.15) is 0 Å². The predicted octanol–water partition coefficient (Wildman–Crippen LogP) is 0.745. The molecule has 0 spiro atoms. The first-order chi connectivity index (χ1) is 8.55. The van der Waals surface area contributed by atoms with Crippen LogP contribution in [0, 0.1) is 5.92 Å². The van der Waals surface area contributed by atoms with Gasteiger partial charge in [0.1, 0.15) is 0 Å². The Kier molecular flexibility index (Phi) is 4.21. The third-order valence-corrected chi connectivity index (χ3v) is 4.13. The van der Waals surface area contributed by atoms with Gasteiger partial charge >= 0.3 is 0 Å². The molecule has 6 heteroatoms. The summed E-state index contributed by atoms with van der Waals surface area (Å²) in [4.78, 5) is 0.151. The van der Waals surface area contributed by atoms with E-state index < -0.39 is 10.0 Å². The van der Waals surface area contributed by atoms with Crippen molar-refractivity contribution in [2.45, 2.75) is 17.7 Å². The number of primary sulfonamides is 1. The van der Waals surface area contributed by atoms with Crippen molar-refractivity contribution in [1.29, 1.82) is 0 Å². The van der Waals surface area contributed by atoms with Crippen LogP contribution in [0.2, 0.25) is 0 Å². The monoisotopic (exact) mass is 269 g/mol.